The van der Waals surface area contributed by atoms with Crippen LogP contribution in [0, 0.1) is 13.8 Å². The summed E-state index contributed by atoms with van der Waals surface area (Å²) in [6, 6.07) is 14.3. The molecule has 2 bridgehead atoms. The molecular weight excluding hydrogens is 428 g/mol. The number of likely N-dealkylation sites (tertiary alicyclic amines) is 1. The first-order valence-electron chi connectivity index (χ1n) is 11.9. The molecule has 0 N–H and O–H groups in total. The van der Waals surface area contributed by atoms with Gasteiger partial charge in [0.2, 0.25) is 0 Å². The van der Waals surface area contributed by atoms with Crippen LogP contribution in [-0.4, -0.2) is 54.1 Å². The number of ether oxygens (including phenoxy) is 1. The molecule has 0 radical (unpaired) electrons. The third-order valence-corrected chi connectivity index (χ3v) is 7.37. The number of fused-ring (bicyclic) bond motifs is 3. The molecule has 3 heterocycles. The Bertz CT molecular complexity index is 1340. The van der Waals surface area contributed by atoms with Crippen LogP contribution in [-0.2, 0) is 4.79 Å². The SMILES string of the molecule is Cc1ccc(-c2cc3ccc(O[C@H](C)C(=C=O)N4CC5CCC(C4)N5C)cc3oc2=O)c(C)c1. The van der Waals surface area contributed by atoms with E-state index >= 15 is 0 Å². The van der Waals surface area contributed by atoms with E-state index in [0.29, 0.717) is 34.7 Å². The summed E-state index contributed by atoms with van der Waals surface area (Å²) in [6.07, 6.45) is 1.86. The molecule has 2 aromatic carbocycles. The van der Waals surface area contributed by atoms with Gasteiger partial charge >= 0.3 is 5.63 Å². The fourth-order valence-corrected chi connectivity index (χ4v) is 5.44. The van der Waals surface area contributed by atoms with Crippen LogP contribution in [0.25, 0.3) is 22.1 Å². The molecule has 2 fully saturated rings. The predicted octanol–water partition coefficient (Wildman–Crippen LogP) is 4.34. The van der Waals surface area contributed by atoms with Crippen molar-refractivity contribution in [3.63, 3.8) is 0 Å². The summed E-state index contributed by atoms with van der Waals surface area (Å²) in [5.41, 5.74) is 4.21. The number of hydrogen-bond acceptors (Lipinski definition) is 6. The molecule has 3 atom stereocenters. The molecule has 0 aliphatic carbocycles. The van der Waals surface area contributed by atoms with E-state index in [1.165, 1.54) is 0 Å². The van der Waals surface area contributed by atoms with Crippen molar-refractivity contribution in [1.82, 2.24) is 9.80 Å². The zero-order valence-corrected chi connectivity index (χ0v) is 20.1. The molecule has 5 rings (SSSR count). The summed E-state index contributed by atoms with van der Waals surface area (Å²) in [5.74, 6) is 2.68. The van der Waals surface area contributed by atoms with E-state index in [-0.39, 0.29) is 5.63 Å². The average molecular weight is 459 g/mol. The Morgan fingerprint density at radius 3 is 2.47 bits per heavy atom. The highest BCUT2D eigenvalue weighted by Gasteiger charge is 2.39. The maximum Gasteiger partial charge on any atom is 0.344 e. The van der Waals surface area contributed by atoms with Crippen molar-refractivity contribution in [2.24, 2.45) is 0 Å². The van der Waals surface area contributed by atoms with Crippen LogP contribution < -0.4 is 10.4 Å². The van der Waals surface area contributed by atoms with Crippen molar-refractivity contribution >= 4 is 16.9 Å². The van der Waals surface area contributed by atoms with E-state index in [2.05, 4.69) is 28.9 Å². The zero-order valence-electron chi connectivity index (χ0n) is 20.1. The van der Waals surface area contributed by atoms with Crippen LogP contribution in [0.5, 0.6) is 5.75 Å². The summed E-state index contributed by atoms with van der Waals surface area (Å²) in [6.45, 7) is 7.53. The highest BCUT2D eigenvalue weighted by Crippen LogP contribution is 2.32. The summed E-state index contributed by atoms with van der Waals surface area (Å²) in [4.78, 5) is 29.2. The van der Waals surface area contributed by atoms with Gasteiger partial charge in [-0.1, -0.05) is 23.8 Å². The van der Waals surface area contributed by atoms with Gasteiger partial charge < -0.3 is 14.1 Å². The first kappa shape index (κ1) is 22.5. The number of nitrogens with zero attached hydrogens (tertiary/aromatic N) is 2. The van der Waals surface area contributed by atoms with Crippen molar-refractivity contribution in [3.05, 3.63) is 69.7 Å². The largest absolute Gasteiger partial charge is 0.484 e. The summed E-state index contributed by atoms with van der Waals surface area (Å²) in [5, 5.41) is 0.816. The molecule has 2 aliphatic heterocycles. The normalized spacial score (nSPS) is 20.9. The molecule has 2 unspecified atom stereocenters. The lowest BCUT2D eigenvalue weighted by Gasteiger charge is -2.41. The maximum absolute atomic E-state index is 12.8. The van der Waals surface area contributed by atoms with Crippen LogP contribution in [0.4, 0.5) is 0 Å². The van der Waals surface area contributed by atoms with Gasteiger partial charge in [0.05, 0.1) is 5.56 Å². The second kappa shape index (κ2) is 8.79. The van der Waals surface area contributed by atoms with Crippen molar-refractivity contribution in [3.8, 4) is 16.9 Å². The van der Waals surface area contributed by atoms with Crippen molar-refractivity contribution in [1.29, 1.82) is 0 Å². The molecule has 176 valence electrons. The number of hydrogen-bond donors (Lipinski definition) is 0. The summed E-state index contributed by atoms with van der Waals surface area (Å²) in [7, 11) is 2.16. The molecule has 34 heavy (non-hydrogen) atoms. The van der Waals surface area contributed by atoms with Gasteiger partial charge in [-0.05, 0) is 70.0 Å². The molecule has 1 aromatic heterocycles. The number of piperazine rings is 1. The molecule has 0 amide bonds. The van der Waals surface area contributed by atoms with Crippen LogP contribution in [0.3, 0.4) is 0 Å². The lowest BCUT2D eigenvalue weighted by Crippen LogP contribution is -2.52. The van der Waals surface area contributed by atoms with Gasteiger partial charge in [-0.25, -0.2) is 9.59 Å². The predicted molar refractivity (Wildman–Crippen MR) is 133 cm³/mol. The van der Waals surface area contributed by atoms with Crippen LogP contribution in [0.1, 0.15) is 30.9 Å². The molecule has 6 heteroatoms. The molecule has 3 aromatic rings. The minimum absolute atomic E-state index is 0.383. The number of benzene rings is 2. The van der Waals surface area contributed by atoms with Gasteiger partial charge in [-0.2, -0.15) is 0 Å². The first-order valence-corrected chi connectivity index (χ1v) is 11.9. The van der Waals surface area contributed by atoms with E-state index < -0.39 is 6.10 Å². The van der Waals surface area contributed by atoms with Gasteiger partial charge in [0.15, 0.2) is 0 Å². The lowest BCUT2D eigenvalue weighted by atomic mass is 9.99. The number of rotatable bonds is 5. The van der Waals surface area contributed by atoms with Crippen molar-refractivity contribution in [2.45, 2.75) is 51.8 Å². The fourth-order valence-electron chi connectivity index (χ4n) is 5.44. The van der Waals surface area contributed by atoms with Gasteiger partial charge in [0.1, 0.15) is 29.1 Å². The molecule has 0 spiro atoms. The Morgan fingerprint density at radius 2 is 1.79 bits per heavy atom. The van der Waals surface area contributed by atoms with E-state index in [0.717, 1.165) is 48.0 Å². The lowest BCUT2D eigenvalue weighted by molar-refractivity contribution is 0.0931. The van der Waals surface area contributed by atoms with Gasteiger partial charge in [-0.15, -0.1) is 0 Å². The van der Waals surface area contributed by atoms with Crippen molar-refractivity contribution < 1.29 is 13.9 Å². The first-order chi connectivity index (χ1) is 16.3. The highest BCUT2D eigenvalue weighted by molar-refractivity contribution is 5.83. The summed E-state index contributed by atoms with van der Waals surface area (Å²) >= 11 is 0. The van der Waals surface area contributed by atoms with Crippen LogP contribution in [0.15, 0.2) is 57.4 Å². The van der Waals surface area contributed by atoms with Crippen LogP contribution >= 0.6 is 0 Å². The minimum Gasteiger partial charge on any atom is -0.484 e. The van der Waals surface area contributed by atoms with E-state index in [1.54, 1.807) is 6.07 Å². The number of likely N-dealkylation sites (N-methyl/N-ethyl adjacent to an activating group) is 1. The molecular formula is C28H30N2O4. The molecule has 0 saturated carbocycles. The topological polar surface area (TPSA) is 63.0 Å². The Labute approximate surface area is 199 Å². The second-order valence-corrected chi connectivity index (χ2v) is 9.67. The third-order valence-electron chi connectivity index (χ3n) is 7.37. The zero-order chi connectivity index (χ0) is 24.0. The monoisotopic (exact) mass is 458 g/mol. The van der Waals surface area contributed by atoms with E-state index in [9.17, 15) is 9.59 Å². The minimum atomic E-state index is -0.459. The Kier molecular flexibility index (Phi) is 5.80. The second-order valence-electron chi connectivity index (χ2n) is 9.67. The van der Waals surface area contributed by atoms with E-state index in [4.69, 9.17) is 9.15 Å². The standard InChI is InChI=1S/C28H30N2O4/c1-17-5-10-24(18(2)11-17)25-12-20-6-9-23(13-27(20)34-28(25)32)33-19(3)26(16-31)30-14-21-7-8-22(15-30)29(21)4/h5-6,9-13,19,21-22H,7-8,14-15H2,1-4H3/t19-,21?,22?/m1/s1. The van der Waals surface area contributed by atoms with Gasteiger partial charge in [0, 0.05) is 36.6 Å². The smallest absolute Gasteiger partial charge is 0.344 e. The average Bonchev–Trinajstić information content (AvgIpc) is 3.00. The maximum atomic E-state index is 12.8. The Morgan fingerprint density at radius 1 is 1.06 bits per heavy atom. The van der Waals surface area contributed by atoms with Crippen molar-refractivity contribution in [2.75, 3.05) is 20.1 Å². The Hall–Kier alpha value is -3.34. The number of aryl methyl sites for hydroxylation is 2. The highest BCUT2D eigenvalue weighted by atomic mass is 16.5. The molecule has 6 nitrogen and oxygen atoms in total. The fraction of sp³-hybridized carbons (Fsp3) is 0.393. The summed E-state index contributed by atoms with van der Waals surface area (Å²) < 4.78 is 11.8. The van der Waals surface area contributed by atoms with Gasteiger partial charge in [-0.3, -0.25) is 4.90 Å². The quantitative estimate of drug-likeness (QED) is 0.419. The molecule has 2 saturated heterocycles. The van der Waals surface area contributed by atoms with Gasteiger partial charge in [0.25, 0.3) is 0 Å². The number of carbonyl (C=O) groups excluding carboxylic acids is 1. The third kappa shape index (κ3) is 4.04. The van der Waals surface area contributed by atoms with E-state index in [1.807, 2.05) is 51.1 Å². The van der Waals surface area contributed by atoms with Crippen LogP contribution in [0.2, 0.25) is 0 Å². The Balaban J connectivity index is 1.38. The molecule has 2 aliphatic rings.